The molecule has 0 unspecified atom stereocenters. The van der Waals surface area contributed by atoms with Gasteiger partial charge >= 0.3 is 6.18 Å². The molecule has 4 heteroatoms. The molecule has 1 aliphatic carbocycles. The van der Waals surface area contributed by atoms with Crippen LogP contribution in [0, 0.1) is 0 Å². The summed E-state index contributed by atoms with van der Waals surface area (Å²) in [5.74, 6) is 0.0605. The third kappa shape index (κ3) is 1.73. The van der Waals surface area contributed by atoms with E-state index in [-0.39, 0.29) is 10.9 Å². The van der Waals surface area contributed by atoms with Crippen LogP contribution in [0.4, 0.5) is 13.2 Å². The summed E-state index contributed by atoms with van der Waals surface area (Å²) in [5.41, 5.74) is -0.297. The second-order valence-corrected chi connectivity index (χ2v) is 3.88. The first-order valence-electron chi connectivity index (χ1n) is 4.36. The Morgan fingerprint density at radius 2 is 1.86 bits per heavy atom. The molecule has 0 bridgehead atoms. The number of alkyl halides is 3. The van der Waals surface area contributed by atoms with Crippen molar-refractivity contribution in [2.75, 3.05) is 0 Å². The Kier molecular flexibility index (Phi) is 2.22. The zero-order valence-corrected chi connectivity index (χ0v) is 7.99. The number of hydrogen-bond donors (Lipinski definition) is 0. The molecule has 1 aliphatic rings. The lowest BCUT2D eigenvalue weighted by molar-refractivity contribution is -0.138. The average Bonchev–Trinajstić information content (AvgIpc) is 2.83. The van der Waals surface area contributed by atoms with Gasteiger partial charge in [-0.3, -0.25) is 0 Å². The topological polar surface area (TPSA) is 0 Å². The lowest BCUT2D eigenvalue weighted by Crippen LogP contribution is -2.09. The molecule has 1 saturated carbocycles. The first-order chi connectivity index (χ1) is 6.50. The third-order valence-electron chi connectivity index (χ3n) is 2.35. The molecule has 0 radical (unpaired) electrons. The normalized spacial score (nSPS) is 17.1. The third-order valence-corrected chi connectivity index (χ3v) is 2.66. The Bertz CT molecular complexity index is 353. The van der Waals surface area contributed by atoms with Crippen molar-refractivity contribution in [3.63, 3.8) is 0 Å². The Balaban J connectivity index is 2.53. The lowest BCUT2D eigenvalue weighted by atomic mass is 10.0. The van der Waals surface area contributed by atoms with E-state index >= 15 is 0 Å². The number of rotatable bonds is 1. The van der Waals surface area contributed by atoms with Crippen molar-refractivity contribution in [1.82, 2.24) is 0 Å². The Morgan fingerprint density at radius 3 is 2.36 bits per heavy atom. The smallest absolute Gasteiger partial charge is 0.166 e. The van der Waals surface area contributed by atoms with E-state index < -0.39 is 11.7 Å². The van der Waals surface area contributed by atoms with E-state index in [1.54, 1.807) is 6.07 Å². The van der Waals surface area contributed by atoms with Crippen LogP contribution in [0.5, 0.6) is 0 Å². The second kappa shape index (κ2) is 3.16. The molecule has 0 atom stereocenters. The van der Waals surface area contributed by atoms with E-state index in [0.29, 0.717) is 5.56 Å². The summed E-state index contributed by atoms with van der Waals surface area (Å²) in [4.78, 5) is 0. The largest absolute Gasteiger partial charge is 0.418 e. The maximum absolute atomic E-state index is 12.6. The second-order valence-electron chi connectivity index (χ2n) is 3.48. The molecule has 76 valence electrons. The van der Waals surface area contributed by atoms with Crippen molar-refractivity contribution >= 4 is 11.6 Å². The number of benzene rings is 1. The summed E-state index contributed by atoms with van der Waals surface area (Å²) in [5, 5.41) is -0.193. The highest BCUT2D eigenvalue weighted by molar-refractivity contribution is 6.31. The van der Waals surface area contributed by atoms with Crippen molar-refractivity contribution in [2.24, 2.45) is 0 Å². The zero-order valence-electron chi connectivity index (χ0n) is 7.24. The van der Waals surface area contributed by atoms with Crippen LogP contribution < -0.4 is 0 Å². The van der Waals surface area contributed by atoms with Gasteiger partial charge in [0.15, 0.2) is 0 Å². The number of hydrogen-bond acceptors (Lipinski definition) is 0. The summed E-state index contributed by atoms with van der Waals surface area (Å²) < 4.78 is 37.8. The Morgan fingerprint density at radius 1 is 1.21 bits per heavy atom. The Hall–Kier alpha value is -0.700. The SMILES string of the molecule is FC(F)(F)c1c(Cl)cccc1C1CC1. The van der Waals surface area contributed by atoms with Crippen LogP contribution in [-0.4, -0.2) is 0 Å². The molecule has 1 aromatic rings. The highest BCUT2D eigenvalue weighted by Gasteiger charge is 2.39. The van der Waals surface area contributed by atoms with E-state index in [1.807, 2.05) is 0 Å². The molecule has 1 fully saturated rings. The van der Waals surface area contributed by atoms with Gasteiger partial charge in [0.1, 0.15) is 0 Å². The number of halogens is 4. The van der Waals surface area contributed by atoms with Crippen molar-refractivity contribution in [1.29, 1.82) is 0 Å². The summed E-state index contributed by atoms with van der Waals surface area (Å²) >= 11 is 5.57. The minimum absolute atomic E-state index is 0.0605. The summed E-state index contributed by atoms with van der Waals surface area (Å²) in [6.45, 7) is 0. The lowest BCUT2D eigenvalue weighted by Gasteiger charge is -2.13. The predicted octanol–water partition coefficient (Wildman–Crippen LogP) is 4.24. The molecule has 0 aromatic heterocycles. The molecule has 0 spiro atoms. The van der Waals surface area contributed by atoms with Gasteiger partial charge in [0.25, 0.3) is 0 Å². The zero-order chi connectivity index (χ0) is 10.3. The van der Waals surface area contributed by atoms with E-state index in [0.717, 1.165) is 12.8 Å². The van der Waals surface area contributed by atoms with Crippen LogP contribution in [0.1, 0.15) is 29.9 Å². The maximum atomic E-state index is 12.6. The van der Waals surface area contributed by atoms with E-state index in [1.165, 1.54) is 12.1 Å². The molecule has 1 aromatic carbocycles. The van der Waals surface area contributed by atoms with E-state index in [9.17, 15) is 13.2 Å². The molecule has 0 heterocycles. The van der Waals surface area contributed by atoms with Gasteiger partial charge in [-0.15, -0.1) is 0 Å². The molecule has 0 nitrogen and oxygen atoms in total. The summed E-state index contributed by atoms with van der Waals surface area (Å²) in [7, 11) is 0. The van der Waals surface area contributed by atoms with Crippen LogP contribution in [0.25, 0.3) is 0 Å². The van der Waals surface area contributed by atoms with Crippen molar-refractivity contribution in [3.05, 3.63) is 34.3 Å². The fraction of sp³-hybridized carbons (Fsp3) is 0.400. The fourth-order valence-corrected chi connectivity index (χ4v) is 1.86. The molecule has 0 saturated heterocycles. The molecule has 0 N–H and O–H groups in total. The van der Waals surface area contributed by atoms with Crippen molar-refractivity contribution < 1.29 is 13.2 Å². The van der Waals surface area contributed by atoms with E-state index in [4.69, 9.17) is 11.6 Å². The fourth-order valence-electron chi connectivity index (χ4n) is 1.57. The van der Waals surface area contributed by atoms with Crippen LogP contribution in [0.3, 0.4) is 0 Å². The van der Waals surface area contributed by atoms with Gasteiger partial charge in [-0.2, -0.15) is 13.2 Å². The highest BCUT2D eigenvalue weighted by Crippen LogP contribution is 2.47. The summed E-state index contributed by atoms with van der Waals surface area (Å²) in [6.07, 6.45) is -2.66. The monoisotopic (exact) mass is 220 g/mol. The highest BCUT2D eigenvalue weighted by atomic mass is 35.5. The first kappa shape index (κ1) is 9.84. The van der Waals surface area contributed by atoms with Crippen LogP contribution >= 0.6 is 11.6 Å². The van der Waals surface area contributed by atoms with Gasteiger partial charge in [-0.05, 0) is 30.4 Å². The summed E-state index contributed by atoms with van der Waals surface area (Å²) in [6, 6.07) is 4.38. The van der Waals surface area contributed by atoms with Crippen molar-refractivity contribution in [2.45, 2.75) is 24.9 Å². The molecular weight excluding hydrogens is 213 g/mol. The molecule has 14 heavy (non-hydrogen) atoms. The van der Waals surface area contributed by atoms with Gasteiger partial charge < -0.3 is 0 Å². The first-order valence-corrected chi connectivity index (χ1v) is 4.73. The molecule has 0 aliphatic heterocycles. The van der Waals surface area contributed by atoms with Gasteiger partial charge in [-0.1, -0.05) is 23.7 Å². The quantitative estimate of drug-likeness (QED) is 0.664. The van der Waals surface area contributed by atoms with Crippen LogP contribution in [0.2, 0.25) is 5.02 Å². The maximum Gasteiger partial charge on any atom is 0.418 e. The minimum Gasteiger partial charge on any atom is -0.166 e. The minimum atomic E-state index is -4.34. The standard InChI is InChI=1S/C10H8ClF3/c11-8-3-1-2-7(6-4-5-6)9(8)10(12,13)14/h1-3,6H,4-5H2. The predicted molar refractivity (Wildman–Crippen MR) is 48.4 cm³/mol. The van der Waals surface area contributed by atoms with Crippen molar-refractivity contribution in [3.8, 4) is 0 Å². The molecule has 0 amide bonds. The van der Waals surface area contributed by atoms with Crippen LogP contribution in [0.15, 0.2) is 18.2 Å². The average molecular weight is 221 g/mol. The van der Waals surface area contributed by atoms with Gasteiger partial charge in [0.2, 0.25) is 0 Å². The van der Waals surface area contributed by atoms with Gasteiger partial charge in [0, 0.05) is 0 Å². The van der Waals surface area contributed by atoms with E-state index in [2.05, 4.69) is 0 Å². The molecule has 2 rings (SSSR count). The Labute approximate surface area is 84.7 Å². The van der Waals surface area contributed by atoms with Crippen LogP contribution in [-0.2, 0) is 6.18 Å². The van der Waals surface area contributed by atoms with Gasteiger partial charge in [-0.25, -0.2) is 0 Å². The molecular formula is C10H8ClF3. The van der Waals surface area contributed by atoms with Gasteiger partial charge in [0.05, 0.1) is 10.6 Å².